The Bertz CT molecular complexity index is 972. The molecule has 1 aliphatic heterocycles. The van der Waals surface area contributed by atoms with Crippen LogP contribution in [0.3, 0.4) is 0 Å². The second-order valence-corrected chi connectivity index (χ2v) is 12.3. The van der Waals surface area contributed by atoms with Gasteiger partial charge in [0.05, 0.1) is 11.8 Å². The summed E-state index contributed by atoms with van der Waals surface area (Å²) in [6.07, 6.45) is 4.00. The number of rotatable bonds is 5. The predicted octanol–water partition coefficient (Wildman–Crippen LogP) is 2.82. The van der Waals surface area contributed by atoms with Gasteiger partial charge in [-0.25, -0.2) is 8.42 Å². The van der Waals surface area contributed by atoms with Gasteiger partial charge < -0.3 is 15.7 Å². The molecule has 3 aliphatic rings. The third-order valence-corrected chi connectivity index (χ3v) is 9.94. The monoisotopic (exact) mass is 449 g/mol. The van der Waals surface area contributed by atoms with Gasteiger partial charge in [-0.3, -0.25) is 4.79 Å². The summed E-state index contributed by atoms with van der Waals surface area (Å²) in [5.74, 6) is 0.376. The molecule has 3 fully saturated rings. The number of sulfonamides is 1. The Hall–Kier alpha value is -1.64. The maximum atomic E-state index is 13.3. The second kappa shape index (κ2) is 7.74. The van der Waals surface area contributed by atoms with Crippen LogP contribution in [0.25, 0.3) is 0 Å². The summed E-state index contributed by atoms with van der Waals surface area (Å²) in [6, 6.07) is 4.86. The van der Waals surface area contributed by atoms with Crippen LogP contribution in [0.1, 0.15) is 63.2 Å². The maximum Gasteiger partial charge on any atom is 0.251 e. The maximum absolute atomic E-state index is 13.3. The lowest BCUT2D eigenvalue weighted by molar-refractivity contribution is 0.0737. The van der Waals surface area contributed by atoms with Crippen LogP contribution >= 0.6 is 0 Å². The van der Waals surface area contributed by atoms with Crippen molar-refractivity contribution in [2.45, 2.75) is 69.9 Å². The average molecular weight is 450 g/mol. The van der Waals surface area contributed by atoms with E-state index in [1.807, 2.05) is 0 Å². The van der Waals surface area contributed by atoms with Crippen LogP contribution in [0.4, 0.5) is 5.69 Å². The van der Waals surface area contributed by atoms with Crippen molar-refractivity contribution in [3.05, 3.63) is 23.8 Å². The van der Waals surface area contributed by atoms with E-state index in [9.17, 15) is 18.3 Å². The number of anilines is 1. The fraction of sp³-hybridized carbons (Fsp3) is 0.696. The number of aliphatic hydroxyl groups is 1. The number of amides is 1. The van der Waals surface area contributed by atoms with E-state index in [4.69, 9.17) is 0 Å². The third kappa shape index (κ3) is 3.76. The Labute approximate surface area is 185 Å². The number of hydrogen-bond donors (Lipinski definition) is 3. The molecule has 0 aromatic heterocycles. The number of carbonyl (C=O) groups is 1. The molecule has 2 bridgehead atoms. The van der Waals surface area contributed by atoms with Crippen molar-refractivity contribution < 1.29 is 18.3 Å². The van der Waals surface area contributed by atoms with Crippen LogP contribution in [-0.2, 0) is 10.0 Å². The summed E-state index contributed by atoms with van der Waals surface area (Å²) in [7, 11) is -2.17. The molecular formula is C23H35N3O4S. The van der Waals surface area contributed by atoms with Crippen LogP contribution < -0.4 is 10.6 Å². The molecule has 0 spiro atoms. The first-order valence-electron chi connectivity index (χ1n) is 11.3. The number of aliphatic hydroxyl groups excluding tert-OH is 1. The minimum Gasteiger partial charge on any atom is -0.392 e. The van der Waals surface area contributed by atoms with Gasteiger partial charge in [0.15, 0.2) is 0 Å². The summed E-state index contributed by atoms with van der Waals surface area (Å²) < 4.78 is 28.0. The molecule has 1 amide bonds. The minimum atomic E-state index is -3.83. The highest BCUT2D eigenvalue weighted by molar-refractivity contribution is 7.89. The SMILES string of the molecule is CNc1ccc(C(=O)NC2C(C)(C)[C@H]3CC[C@@]2(C)C3)cc1S(=O)(=O)N1CCCC(O)C1. The van der Waals surface area contributed by atoms with Gasteiger partial charge >= 0.3 is 0 Å². The van der Waals surface area contributed by atoms with Gasteiger partial charge in [0.25, 0.3) is 5.91 Å². The molecule has 1 heterocycles. The van der Waals surface area contributed by atoms with Crippen molar-refractivity contribution in [1.29, 1.82) is 0 Å². The molecule has 0 radical (unpaired) electrons. The number of benzene rings is 1. The van der Waals surface area contributed by atoms with Gasteiger partial charge in [-0.1, -0.05) is 20.8 Å². The minimum absolute atomic E-state index is 0.0203. The lowest BCUT2D eigenvalue weighted by Gasteiger charge is -2.43. The molecule has 1 aromatic rings. The molecule has 172 valence electrons. The van der Waals surface area contributed by atoms with Crippen molar-refractivity contribution in [3.63, 3.8) is 0 Å². The van der Waals surface area contributed by atoms with E-state index in [0.717, 1.165) is 12.8 Å². The van der Waals surface area contributed by atoms with Crippen LogP contribution in [-0.4, -0.2) is 56.0 Å². The number of piperidine rings is 1. The van der Waals surface area contributed by atoms with E-state index < -0.39 is 16.1 Å². The largest absolute Gasteiger partial charge is 0.392 e. The standard InChI is InChI=1S/C23H35N3O4S/c1-22(2)16-9-10-23(3,13-16)21(22)25-20(28)15-7-8-18(24-4)19(12-15)31(29,30)26-11-5-6-17(27)14-26/h7-8,12,16-17,21,24,27H,5-6,9-11,13-14H2,1-4H3,(H,25,28)/t16-,17?,21?,23-/m0/s1. The number of nitrogens with one attached hydrogen (secondary N) is 2. The van der Waals surface area contributed by atoms with Crippen molar-refractivity contribution in [2.24, 2.45) is 16.7 Å². The van der Waals surface area contributed by atoms with Gasteiger partial charge in [-0.2, -0.15) is 4.31 Å². The zero-order valence-electron chi connectivity index (χ0n) is 18.9. The van der Waals surface area contributed by atoms with Gasteiger partial charge in [0, 0.05) is 31.7 Å². The topological polar surface area (TPSA) is 98.7 Å². The van der Waals surface area contributed by atoms with Crippen LogP contribution in [0.15, 0.2) is 23.1 Å². The van der Waals surface area contributed by atoms with E-state index in [-0.39, 0.29) is 34.2 Å². The lowest BCUT2D eigenvalue weighted by Crippen LogP contribution is -2.52. The first-order valence-corrected chi connectivity index (χ1v) is 12.7. The Morgan fingerprint density at radius 2 is 1.97 bits per heavy atom. The molecule has 2 unspecified atom stereocenters. The lowest BCUT2D eigenvalue weighted by atomic mass is 9.68. The van der Waals surface area contributed by atoms with Crippen LogP contribution in [0.2, 0.25) is 0 Å². The summed E-state index contributed by atoms with van der Waals surface area (Å²) in [5.41, 5.74) is 0.904. The normalized spacial score (nSPS) is 32.7. The predicted molar refractivity (Wildman–Crippen MR) is 120 cm³/mol. The first-order chi connectivity index (χ1) is 14.5. The number of β-amino-alcohol motifs (C(OH)–C–C–N with tert-alkyl or cyclic N) is 1. The molecule has 4 atom stereocenters. The molecule has 4 rings (SSSR count). The fourth-order valence-corrected chi connectivity index (χ4v) is 7.98. The van der Waals surface area contributed by atoms with E-state index in [2.05, 4.69) is 31.4 Å². The van der Waals surface area contributed by atoms with Crippen molar-refractivity contribution in [2.75, 3.05) is 25.5 Å². The van der Waals surface area contributed by atoms with E-state index in [0.29, 0.717) is 36.6 Å². The summed E-state index contributed by atoms with van der Waals surface area (Å²) in [6.45, 7) is 7.17. The molecule has 2 saturated carbocycles. The van der Waals surface area contributed by atoms with Crippen LogP contribution in [0.5, 0.6) is 0 Å². The van der Waals surface area contributed by atoms with Crippen molar-refractivity contribution in [3.8, 4) is 0 Å². The fourth-order valence-electron chi connectivity index (χ4n) is 6.24. The molecule has 1 saturated heterocycles. The highest BCUT2D eigenvalue weighted by Gasteiger charge is 2.59. The quantitative estimate of drug-likeness (QED) is 0.642. The van der Waals surface area contributed by atoms with Crippen molar-refractivity contribution >= 4 is 21.6 Å². The molecule has 1 aromatic carbocycles. The first kappa shape index (κ1) is 22.6. The zero-order valence-corrected chi connectivity index (χ0v) is 19.8. The third-order valence-electron chi connectivity index (χ3n) is 8.04. The number of hydrogen-bond acceptors (Lipinski definition) is 5. The molecule has 2 aliphatic carbocycles. The number of nitrogens with zero attached hydrogens (tertiary/aromatic N) is 1. The molecule has 31 heavy (non-hydrogen) atoms. The van der Waals surface area contributed by atoms with E-state index >= 15 is 0 Å². The molecule has 8 heteroatoms. The molecule has 7 nitrogen and oxygen atoms in total. The summed E-state index contributed by atoms with van der Waals surface area (Å²) >= 11 is 0. The van der Waals surface area contributed by atoms with Crippen molar-refractivity contribution in [1.82, 2.24) is 9.62 Å². The second-order valence-electron chi connectivity index (χ2n) is 10.4. The smallest absolute Gasteiger partial charge is 0.251 e. The van der Waals surface area contributed by atoms with Gasteiger partial charge in [-0.05, 0) is 67.1 Å². The average Bonchev–Trinajstić information content (AvgIpc) is 3.21. The van der Waals surface area contributed by atoms with Gasteiger partial charge in [-0.15, -0.1) is 0 Å². The van der Waals surface area contributed by atoms with Crippen LogP contribution in [0, 0.1) is 16.7 Å². The Morgan fingerprint density at radius 1 is 1.23 bits per heavy atom. The summed E-state index contributed by atoms with van der Waals surface area (Å²) in [5, 5.41) is 16.1. The zero-order chi connectivity index (χ0) is 22.6. The molecular weight excluding hydrogens is 414 g/mol. The number of fused-ring (bicyclic) bond motifs is 2. The number of carbonyl (C=O) groups excluding carboxylic acids is 1. The van der Waals surface area contributed by atoms with Gasteiger partial charge in [0.1, 0.15) is 4.90 Å². The highest BCUT2D eigenvalue weighted by atomic mass is 32.2. The summed E-state index contributed by atoms with van der Waals surface area (Å²) in [4.78, 5) is 13.3. The van der Waals surface area contributed by atoms with E-state index in [1.54, 1.807) is 19.2 Å². The Morgan fingerprint density at radius 3 is 2.58 bits per heavy atom. The van der Waals surface area contributed by atoms with E-state index in [1.165, 1.54) is 16.8 Å². The Kier molecular flexibility index (Phi) is 5.63. The Balaban J connectivity index is 1.62. The van der Waals surface area contributed by atoms with Gasteiger partial charge in [0.2, 0.25) is 10.0 Å². The molecule has 3 N–H and O–H groups in total. The highest BCUT2D eigenvalue weighted by Crippen LogP contribution is 2.62.